The van der Waals surface area contributed by atoms with E-state index < -0.39 is 0 Å². The molecule has 1 amide bonds. The number of piperidine rings is 1. The monoisotopic (exact) mass is 383 g/mol. The molecule has 3 heterocycles. The van der Waals surface area contributed by atoms with Crippen molar-refractivity contribution in [3.05, 3.63) is 58.7 Å². The summed E-state index contributed by atoms with van der Waals surface area (Å²) in [7, 11) is 0. The molecule has 27 heavy (non-hydrogen) atoms. The Balaban J connectivity index is 1.40. The summed E-state index contributed by atoms with van der Waals surface area (Å²) in [5.41, 5.74) is 2.09. The van der Waals surface area contributed by atoms with Gasteiger partial charge in [0.1, 0.15) is 5.82 Å². The van der Waals surface area contributed by atoms with Gasteiger partial charge in [0.05, 0.1) is 0 Å². The maximum absolute atomic E-state index is 12.8. The Kier molecular flexibility index (Phi) is 5.63. The van der Waals surface area contributed by atoms with Crippen molar-refractivity contribution in [3.63, 3.8) is 0 Å². The third-order valence-corrected chi connectivity index (χ3v) is 5.94. The number of benzene rings is 1. The van der Waals surface area contributed by atoms with Gasteiger partial charge in [0.15, 0.2) is 0 Å². The van der Waals surface area contributed by atoms with E-state index in [9.17, 15) is 4.79 Å². The second-order valence-electron chi connectivity index (χ2n) is 7.69. The Bertz CT molecular complexity index is 786. The minimum Gasteiger partial charge on any atom is -0.356 e. The van der Waals surface area contributed by atoms with Gasteiger partial charge in [-0.25, -0.2) is 4.98 Å². The van der Waals surface area contributed by atoms with Crippen LogP contribution in [0.2, 0.25) is 5.02 Å². The lowest BCUT2D eigenvalue weighted by Crippen LogP contribution is -2.35. The van der Waals surface area contributed by atoms with E-state index in [0.29, 0.717) is 5.92 Å². The molecule has 0 N–H and O–H groups in total. The number of carbonyl (C=O) groups excluding carboxylic acids is 1. The van der Waals surface area contributed by atoms with Crippen molar-refractivity contribution in [2.45, 2.75) is 32.1 Å². The molecule has 2 aliphatic heterocycles. The van der Waals surface area contributed by atoms with Gasteiger partial charge in [0.25, 0.3) is 5.91 Å². The summed E-state index contributed by atoms with van der Waals surface area (Å²) in [6, 6.07) is 12.0. The Morgan fingerprint density at radius 1 is 1.07 bits per heavy atom. The minimum atomic E-state index is 0.148. The third kappa shape index (κ3) is 4.44. The second kappa shape index (κ2) is 8.30. The van der Waals surface area contributed by atoms with Crippen LogP contribution >= 0.6 is 11.6 Å². The van der Waals surface area contributed by atoms with E-state index in [1.54, 1.807) is 6.20 Å². The van der Waals surface area contributed by atoms with Gasteiger partial charge in [-0.3, -0.25) is 4.79 Å². The number of carbonyl (C=O) groups is 1. The smallest absolute Gasteiger partial charge is 0.254 e. The van der Waals surface area contributed by atoms with Gasteiger partial charge in [0.2, 0.25) is 0 Å². The highest BCUT2D eigenvalue weighted by Gasteiger charge is 2.25. The SMILES string of the molecule is O=C(c1ccnc(N2CCC(Cc3ccc(Cl)cc3)C2)c1)N1CCCCC1. The van der Waals surface area contributed by atoms with Crippen molar-refractivity contribution in [2.75, 3.05) is 31.1 Å². The minimum absolute atomic E-state index is 0.148. The zero-order valence-corrected chi connectivity index (χ0v) is 16.4. The molecule has 0 saturated carbocycles. The van der Waals surface area contributed by atoms with E-state index in [0.717, 1.165) is 68.3 Å². The number of nitrogens with zero attached hydrogens (tertiary/aromatic N) is 3. The molecule has 2 aromatic rings. The van der Waals surface area contributed by atoms with Gasteiger partial charge in [-0.15, -0.1) is 0 Å². The van der Waals surface area contributed by atoms with Gasteiger partial charge in [-0.2, -0.15) is 0 Å². The zero-order chi connectivity index (χ0) is 18.6. The molecule has 1 unspecified atom stereocenters. The Labute approximate surface area is 166 Å². The van der Waals surface area contributed by atoms with Gasteiger partial charge in [0, 0.05) is 43.0 Å². The molecule has 1 aromatic heterocycles. The van der Waals surface area contributed by atoms with Crippen LogP contribution in [0.4, 0.5) is 5.82 Å². The average molecular weight is 384 g/mol. The number of amides is 1. The Morgan fingerprint density at radius 3 is 2.63 bits per heavy atom. The summed E-state index contributed by atoms with van der Waals surface area (Å²) in [5.74, 6) is 1.68. The first kappa shape index (κ1) is 18.3. The van der Waals surface area contributed by atoms with Gasteiger partial charge in [-0.1, -0.05) is 23.7 Å². The topological polar surface area (TPSA) is 36.4 Å². The van der Waals surface area contributed by atoms with Gasteiger partial charge >= 0.3 is 0 Å². The Hall–Kier alpha value is -2.07. The van der Waals surface area contributed by atoms with E-state index in [2.05, 4.69) is 22.0 Å². The molecule has 0 bridgehead atoms. The first-order chi connectivity index (χ1) is 13.2. The molecule has 4 rings (SSSR count). The maximum atomic E-state index is 12.8. The Morgan fingerprint density at radius 2 is 1.85 bits per heavy atom. The van der Waals surface area contributed by atoms with E-state index in [-0.39, 0.29) is 5.91 Å². The fourth-order valence-corrected chi connectivity index (χ4v) is 4.29. The van der Waals surface area contributed by atoms with Crippen molar-refractivity contribution in [3.8, 4) is 0 Å². The van der Waals surface area contributed by atoms with Crippen LogP contribution in [-0.2, 0) is 6.42 Å². The molecule has 0 spiro atoms. The van der Waals surface area contributed by atoms with Crippen LogP contribution in [0.25, 0.3) is 0 Å². The fraction of sp³-hybridized carbons (Fsp3) is 0.455. The predicted molar refractivity (Wildman–Crippen MR) is 109 cm³/mol. The van der Waals surface area contributed by atoms with Gasteiger partial charge in [-0.05, 0) is 67.9 Å². The fourth-order valence-electron chi connectivity index (χ4n) is 4.17. The van der Waals surface area contributed by atoms with Crippen molar-refractivity contribution in [1.82, 2.24) is 9.88 Å². The standard InChI is InChI=1S/C22H26ClN3O/c23-20-6-4-17(5-7-20)14-18-9-13-26(16-18)21-15-19(8-10-24-21)22(27)25-11-2-1-3-12-25/h4-8,10,15,18H,1-3,9,11-14,16H2. The number of anilines is 1. The molecule has 0 aliphatic carbocycles. The highest BCUT2D eigenvalue weighted by molar-refractivity contribution is 6.30. The maximum Gasteiger partial charge on any atom is 0.254 e. The molecule has 0 radical (unpaired) electrons. The van der Waals surface area contributed by atoms with E-state index in [1.165, 1.54) is 12.0 Å². The highest BCUT2D eigenvalue weighted by Crippen LogP contribution is 2.26. The number of hydrogen-bond acceptors (Lipinski definition) is 3. The van der Waals surface area contributed by atoms with E-state index >= 15 is 0 Å². The van der Waals surface area contributed by atoms with E-state index in [4.69, 9.17) is 11.6 Å². The van der Waals surface area contributed by atoms with Crippen molar-refractivity contribution >= 4 is 23.3 Å². The molecule has 2 saturated heterocycles. The van der Waals surface area contributed by atoms with Crippen LogP contribution < -0.4 is 4.90 Å². The lowest BCUT2D eigenvalue weighted by atomic mass is 9.99. The quantitative estimate of drug-likeness (QED) is 0.783. The number of aromatic nitrogens is 1. The summed E-state index contributed by atoms with van der Waals surface area (Å²) < 4.78 is 0. The molecule has 4 nitrogen and oxygen atoms in total. The molecular weight excluding hydrogens is 358 g/mol. The van der Waals surface area contributed by atoms with Gasteiger partial charge < -0.3 is 9.80 Å². The average Bonchev–Trinajstić information content (AvgIpc) is 3.18. The number of halogens is 1. The normalized spacial score (nSPS) is 20.1. The largest absolute Gasteiger partial charge is 0.356 e. The zero-order valence-electron chi connectivity index (χ0n) is 15.6. The first-order valence-corrected chi connectivity index (χ1v) is 10.3. The molecule has 142 valence electrons. The van der Waals surface area contributed by atoms with Crippen molar-refractivity contribution in [2.24, 2.45) is 5.92 Å². The van der Waals surface area contributed by atoms with E-state index in [1.807, 2.05) is 29.2 Å². The molecule has 1 atom stereocenters. The van der Waals surface area contributed by atoms with Crippen LogP contribution in [0.5, 0.6) is 0 Å². The highest BCUT2D eigenvalue weighted by atomic mass is 35.5. The third-order valence-electron chi connectivity index (χ3n) is 5.68. The van der Waals surface area contributed by atoms with Crippen LogP contribution in [-0.4, -0.2) is 42.0 Å². The number of hydrogen-bond donors (Lipinski definition) is 0. The van der Waals surface area contributed by atoms with Crippen LogP contribution in [0.3, 0.4) is 0 Å². The lowest BCUT2D eigenvalue weighted by Gasteiger charge is -2.27. The van der Waals surface area contributed by atoms with Crippen LogP contribution in [0.1, 0.15) is 41.6 Å². The number of pyridine rings is 1. The van der Waals surface area contributed by atoms with Crippen molar-refractivity contribution in [1.29, 1.82) is 0 Å². The van der Waals surface area contributed by atoms with Crippen LogP contribution in [0.15, 0.2) is 42.6 Å². The molecule has 2 fully saturated rings. The summed E-state index contributed by atoms with van der Waals surface area (Å²) in [6.45, 7) is 3.73. The van der Waals surface area contributed by atoms with Crippen molar-refractivity contribution < 1.29 is 4.79 Å². The lowest BCUT2D eigenvalue weighted by molar-refractivity contribution is 0.0724. The molecule has 1 aromatic carbocycles. The number of likely N-dealkylation sites (tertiary alicyclic amines) is 1. The predicted octanol–water partition coefficient (Wildman–Crippen LogP) is 4.43. The second-order valence-corrected chi connectivity index (χ2v) is 8.12. The molecule has 5 heteroatoms. The number of rotatable bonds is 4. The molecular formula is C22H26ClN3O. The summed E-state index contributed by atoms with van der Waals surface area (Å²) >= 11 is 5.98. The summed E-state index contributed by atoms with van der Waals surface area (Å²) in [4.78, 5) is 21.6. The van der Waals surface area contributed by atoms with Crippen LogP contribution in [0, 0.1) is 5.92 Å². The molecule has 2 aliphatic rings. The first-order valence-electron chi connectivity index (χ1n) is 9.94. The summed E-state index contributed by atoms with van der Waals surface area (Å²) in [5, 5.41) is 0.784. The summed E-state index contributed by atoms with van der Waals surface area (Å²) in [6.07, 6.45) is 7.44.